The average Bonchev–Trinajstić information content (AvgIpc) is 1.90. The van der Waals surface area contributed by atoms with E-state index in [9.17, 15) is 0 Å². The number of hydrogen-bond donors (Lipinski definition) is 0. The van der Waals surface area contributed by atoms with E-state index in [-0.39, 0.29) is 24.8 Å². The van der Waals surface area contributed by atoms with Crippen molar-refractivity contribution in [2.45, 2.75) is 4.44 Å². The molecule has 0 atom stereocenters. The Hall–Kier alpha value is 0.889. The fourth-order valence-electron chi connectivity index (χ4n) is 0.602. The molecule has 1 aromatic carbocycles. The molecule has 0 spiro atoms. The minimum absolute atomic E-state index is 0. The number of halogens is 3. The normalized spacial score (nSPS) is 7.82. The topological polar surface area (TPSA) is 0 Å². The van der Waals surface area contributed by atoms with Crippen LogP contribution in [0.1, 0.15) is 5.56 Å². The average molecular weight is 317 g/mol. The van der Waals surface area contributed by atoms with Gasteiger partial charge in [0.15, 0.2) is 0 Å². The Morgan fingerprint density at radius 2 is 1.55 bits per heavy atom. The fraction of sp³-hybridized carbons (Fsp3) is 0.143. The van der Waals surface area contributed by atoms with Crippen LogP contribution in [0, 0.1) is 0 Å². The van der Waals surface area contributed by atoms with Gasteiger partial charge in [-0.25, -0.2) is 0 Å². The molecule has 0 unspecified atom stereocenters. The van der Waals surface area contributed by atoms with E-state index in [0.29, 0.717) is 0 Å². The molecule has 3 radical (unpaired) electrons. The van der Waals surface area contributed by atoms with E-state index < -0.39 is 0 Å². The predicted molar refractivity (Wildman–Crippen MR) is 55.4 cm³/mol. The Morgan fingerprint density at radius 3 is 1.91 bits per heavy atom. The summed E-state index contributed by atoms with van der Waals surface area (Å²) in [6.07, 6.45) is 0. The van der Waals surface area contributed by atoms with Crippen molar-refractivity contribution in [3.63, 3.8) is 0 Å². The van der Waals surface area contributed by atoms with Crippen LogP contribution in [0.4, 0.5) is 0 Å². The zero-order valence-corrected chi connectivity index (χ0v) is 11.0. The monoisotopic (exact) mass is 317 g/mol. The molecular formula is C7H8Cl3Sn. The molecular weight excluding hydrogens is 309 g/mol. The van der Waals surface area contributed by atoms with E-state index in [1.807, 2.05) is 12.1 Å². The minimum atomic E-state index is 0. The first kappa shape index (κ1) is 14.4. The van der Waals surface area contributed by atoms with Crippen molar-refractivity contribution in [1.82, 2.24) is 0 Å². The fourth-order valence-corrected chi connectivity index (χ4v) is 1.40. The summed E-state index contributed by atoms with van der Waals surface area (Å²) in [7, 11) is 0. The molecule has 0 saturated heterocycles. The van der Waals surface area contributed by atoms with Crippen molar-refractivity contribution < 1.29 is 0 Å². The number of hydrogen-bond acceptors (Lipinski definition) is 0. The van der Waals surface area contributed by atoms with Crippen molar-refractivity contribution in [2.24, 2.45) is 0 Å². The first-order chi connectivity index (χ1) is 4.33. The molecule has 0 nitrogen and oxygen atoms in total. The van der Waals surface area contributed by atoms with Gasteiger partial charge in [-0.3, -0.25) is 0 Å². The van der Waals surface area contributed by atoms with Gasteiger partial charge in [0.2, 0.25) is 0 Å². The molecule has 0 bridgehead atoms. The van der Waals surface area contributed by atoms with Crippen LogP contribution in [0.5, 0.6) is 0 Å². The first-order valence-corrected chi connectivity index (χ1v) is 5.11. The molecule has 0 amide bonds. The summed E-state index contributed by atoms with van der Waals surface area (Å²) in [6, 6.07) is 8.00. The van der Waals surface area contributed by atoms with E-state index in [0.717, 1.165) is 5.02 Å². The van der Waals surface area contributed by atoms with E-state index in [2.05, 4.69) is 12.1 Å². The third-order valence-corrected chi connectivity index (χ3v) is 2.53. The van der Waals surface area contributed by atoms with Crippen LogP contribution in [0.25, 0.3) is 0 Å². The SMILES string of the molecule is Cl.Cl.Clc1ccc([CH2][Sn])cc1. The maximum absolute atomic E-state index is 5.68. The van der Waals surface area contributed by atoms with Gasteiger partial charge in [-0.1, -0.05) is 0 Å². The van der Waals surface area contributed by atoms with Crippen LogP contribution in [-0.4, -0.2) is 22.5 Å². The van der Waals surface area contributed by atoms with Crippen molar-refractivity contribution in [3.05, 3.63) is 34.9 Å². The molecule has 0 saturated carbocycles. The Balaban J connectivity index is 0. The van der Waals surface area contributed by atoms with Gasteiger partial charge >= 0.3 is 73.4 Å². The van der Waals surface area contributed by atoms with Crippen LogP contribution < -0.4 is 0 Å². The summed E-state index contributed by atoms with van der Waals surface area (Å²) < 4.78 is 1.17. The van der Waals surface area contributed by atoms with Crippen LogP contribution >= 0.6 is 36.4 Å². The van der Waals surface area contributed by atoms with Crippen molar-refractivity contribution in [2.75, 3.05) is 0 Å². The van der Waals surface area contributed by atoms with E-state index in [1.165, 1.54) is 10.0 Å². The van der Waals surface area contributed by atoms with Gasteiger partial charge in [0, 0.05) is 0 Å². The van der Waals surface area contributed by atoms with Gasteiger partial charge in [-0.05, 0) is 0 Å². The number of benzene rings is 1. The molecule has 0 aliphatic rings. The quantitative estimate of drug-likeness (QED) is 0.699. The summed E-state index contributed by atoms with van der Waals surface area (Å²) in [6.45, 7) is 0. The molecule has 0 aromatic heterocycles. The zero-order valence-electron chi connectivity index (χ0n) is 5.71. The summed E-state index contributed by atoms with van der Waals surface area (Å²) in [4.78, 5) is 0. The Labute approximate surface area is 97.6 Å². The van der Waals surface area contributed by atoms with E-state index in [4.69, 9.17) is 11.6 Å². The van der Waals surface area contributed by atoms with Gasteiger partial charge in [-0.15, -0.1) is 24.8 Å². The van der Waals surface area contributed by atoms with Crippen LogP contribution in [0.15, 0.2) is 24.3 Å². The molecule has 1 aromatic rings. The van der Waals surface area contributed by atoms with Crippen molar-refractivity contribution >= 4 is 58.9 Å². The van der Waals surface area contributed by atoms with Gasteiger partial charge in [0.05, 0.1) is 0 Å². The second-order valence-corrected chi connectivity index (χ2v) is 3.25. The standard InChI is InChI=1S/C7H6Cl.2ClH.Sn/c1-6-2-4-7(8)5-3-6;;;/h2-5H,1H2;2*1H;. The summed E-state index contributed by atoms with van der Waals surface area (Å²) in [5.41, 5.74) is 1.37. The van der Waals surface area contributed by atoms with Crippen molar-refractivity contribution in [3.8, 4) is 0 Å². The summed E-state index contributed by atoms with van der Waals surface area (Å²) in [5.74, 6) is 0. The maximum atomic E-state index is 5.68. The second kappa shape index (κ2) is 7.53. The van der Waals surface area contributed by atoms with Gasteiger partial charge in [0.25, 0.3) is 0 Å². The zero-order chi connectivity index (χ0) is 6.69. The molecule has 0 heterocycles. The van der Waals surface area contributed by atoms with E-state index in [1.54, 1.807) is 22.5 Å². The van der Waals surface area contributed by atoms with Crippen LogP contribution in [-0.2, 0) is 4.44 Å². The first-order valence-electron chi connectivity index (χ1n) is 2.72. The van der Waals surface area contributed by atoms with Gasteiger partial charge in [0.1, 0.15) is 0 Å². The molecule has 61 valence electrons. The molecule has 1 rings (SSSR count). The molecule has 0 aliphatic carbocycles. The Bertz CT molecular complexity index is 185. The third kappa shape index (κ3) is 5.18. The molecule has 0 N–H and O–H groups in total. The van der Waals surface area contributed by atoms with E-state index >= 15 is 0 Å². The van der Waals surface area contributed by atoms with Gasteiger partial charge < -0.3 is 0 Å². The molecule has 11 heavy (non-hydrogen) atoms. The predicted octanol–water partition coefficient (Wildman–Crippen LogP) is 2.85. The third-order valence-electron chi connectivity index (χ3n) is 1.12. The second-order valence-electron chi connectivity index (χ2n) is 1.80. The number of rotatable bonds is 1. The van der Waals surface area contributed by atoms with Crippen LogP contribution in [0.2, 0.25) is 5.02 Å². The van der Waals surface area contributed by atoms with Crippen LogP contribution in [0.3, 0.4) is 0 Å². The summed E-state index contributed by atoms with van der Waals surface area (Å²) >= 11 is 7.22. The van der Waals surface area contributed by atoms with Gasteiger partial charge in [-0.2, -0.15) is 0 Å². The molecule has 0 aliphatic heterocycles. The Morgan fingerprint density at radius 1 is 1.09 bits per heavy atom. The summed E-state index contributed by atoms with van der Waals surface area (Å²) in [5, 5.41) is 0.822. The van der Waals surface area contributed by atoms with Crippen molar-refractivity contribution in [1.29, 1.82) is 0 Å². The molecule has 0 fully saturated rings. The Kier molecular flexibility index (Phi) is 9.87. The molecule has 4 heteroatoms.